The second kappa shape index (κ2) is 5.92. The predicted octanol–water partition coefficient (Wildman–Crippen LogP) is 3.28. The summed E-state index contributed by atoms with van der Waals surface area (Å²) >= 11 is 1.60. The molecule has 1 aliphatic heterocycles. The van der Waals surface area contributed by atoms with Gasteiger partial charge in [-0.15, -0.1) is 0 Å². The summed E-state index contributed by atoms with van der Waals surface area (Å²) in [6, 6.07) is 19.4. The number of benzene rings is 2. The molecule has 4 heteroatoms. The molecule has 0 aliphatic carbocycles. The molecule has 1 atom stereocenters. The minimum absolute atomic E-state index is 0.0120. The summed E-state index contributed by atoms with van der Waals surface area (Å²) in [6.45, 7) is 0. The van der Waals surface area contributed by atoms with E-state index in [2.05, 4.69) is 10.5 Å². The number of hydrogen-bond donors (Lipinski definition) is 1. The molecular weight excluding hydrogens is 268 g/mol. The van der Waals surface area contributed by atoms with E-state index in [9.17, 15) is 4.79 Å². The molecule has 1 heterocycles. The first kappa shape index (κ1) is 12.9. The van der Waals surface area contributed by atoms with Crippen LogP contribution in [0.15, 0.2) is 65.8 Å². The standard InChI is InChI=1S/C16H14N2OS/c19-14(12-7-3-1-4-8-12)11-15-17-18-16(20-15)13-9-5-2-6-10-13/h1-10,15,17H,11H2/t15-/m1/s1. The van der Waals surface area contributed by atoms with Crippen LogP contribution < -0.4 is 5.43 Å². The summed E-state index contributed by atoms with van der Waals surface area (Å²) in [4.78, 5) is 12.1. The molecule has 0 aromatic heterocycles. The molecule has 3 nitrogen and oxygen atoms in total. The fourth-order valence-corrected chi connectivity index (χ4v) is 3.02. The van der Waals surface area contributed by atoms with Crippen molar-refractivity contribution in [2.45, 2.75) is 11.8 Å². The van der Waals surface area contributed by atoms with Gasteiger partial charge < -0.3 is 0 Å². The minimum Gasteiger partial charge on any atom is -0.295 e. The van der Waals surface area contributed by atoms with Crippen LogP contribution >= 0.6 is 11.8 Å². The molecule has 1 N–H and O–H groups in total. The lowest BCUT2D eigenvalue weighted by Crippen LogP contribution is -2.20. The van der Waals surface area contributed by atoms with Gasteiger partial charge in [0.15, 0.2) is 5.78 Å². The molecule has 0 radical (unpaired) electrons. The molecule has 0 unspecified atom stereocenters. The van der Waals surface area contributed by atoms with Gasteiger partial charge in [0.1, 0.15) is 10.4 Å². The molecule has 0 spiro atoms. The third kappa shape index (κ3) is 2.91. The average Bonchev–Trinajstić information content (AvgIpc) is 2.97. The molecule has 0 saturated carbocycles. The first-order valence-electron chi connectivity index (χ1n) is 6.46. The Bertz CT molecular complexity index is 625. The summed E-state index contributed by atoms with van der Waals surface area (Å²) in [5, 5.41) is 5.26. The summed E-state index contributed by atoms with van der Waals surface area (Å²) in [5.41, 5.74) is 4.87. The minimum atomic E-state index is 0.0120. The Morgan fingerprint density at radius 1 is 1.05 bits per heavy atom. The van der Waals surface area contributed by atoms with Crippen LogP contribution in [0.1, 0.15) is 22.3 Å². The van der Waals surface area contributed by atoms with Crippen molar-refractivity contribution >= 4 is 22.6 Å². The van der Waals surface area contributed by atoms with Crippen LogP contribution in [0.4, 0.5) is 0 Å². The Kier molecular flexibility index (Phi) is 3.83. The van der Waals surface area contributed by atoms with Crippen molar-refractivity contribution in [1.29, 1.82) is 0 Å². The Morgan fingerprint density at radius 3 is 2.40 bits per heavy atom. The molecule has 1 aliphatic rings. The number of carbonyl (C=O) groups excluding carboxylic acids is 1. The highest BCUT2D eigenvalue weighted by atomic mass is 32.2. The Hall–Kier alpha value is -2.07. The number of Topliss-reactive ketones (excluding diaryl/α,β-unsaturated/α-hetero) is 1. The van der Waals surface area contributed by atoms with Crippen molar-refractivity contribution in [3.8, 4) is 0 Å². The third-order valence-electron chi connectivity index (χ3n) is 3.05. The number of rotatable bonds is 4. The van der Waals surface area contributed by atoms with Crippen molar-refractivity contribution in [3.63, 3.8) is 0 Å². The van der Waals surface area contributed by atoms with E-state index in [0.29, 0.717) is 6.42 Å². The summed E-state index contributed by atoms with van der Waals surface area (Å²) in [7, 11) is 0. The molecule has 20 heavy (non-hydrogen) atoms. The van der Waals surface area contributed by atoms with Crippen LogP contribution in [0.2, 0.25) is 0 Å². The molecule has 0 amide bonds. The van der Waals surface area contributed by atoms with E-state index in [-0.39, 0.29) is 11.2 Å². The molecular formula is C16H14N2OS. The zero-order valence-corrected chi connectivity index (χ0v) is 11.6. The van der Waals surface area contributed by atoms with E-state index in [0.717, 1.165) is 16.2 Å². The molecule has 0 bridgehead atoms. The van der Waals surface area contributed by atoms with Gasteiger partial charge in [-0.2, -0.15) is 5.10 Å². The van der Waals surface area contributed by atoms with E-state index in [1.807, 2.05) is 60.7 Å². The van der Waals surface area contributed by atoms with Gasteiger partial charge in [0.2, 0.25) is 0 Å². The van der Waals surface area contributed by atoms with Crippen LogP contribution in [-0.2, 0) is 0 Å². The van der Waals surface area contributed by atoms with Crippen LogP contribution in [0.25, 0.3) is 0 Å². The SMILES string of the molecule is O=C(C[C@@H]1NN=C(c2ccccc2)S1)c1ccccc1. The van der Waals surface area contributed by atoms with E-state index < -0.39 is 0 Å². The predicted molar refractivity (Wildman–Crippen MR) is 82.9 cm³/mol. The Labute approximate surface area is 122 Å². The average molecular weight is 282 g/mol. The summed E-state index contributed by atoms with van der Waals surface area (Å²) in [5.74, 6) is 0.139. The number of ketones is 1. The van der Waals surface area contributed by atoms with Gasteiger partial charge in [0.25, 0.3) is 0 Å². The molecule has 0 fully saturated rings. The fourth-order valence-electron chi connectivity index (χ4n) is 2.03. The van der Waals surface area contributed by atoms with Crippen LogP contribution in [0, 0.1) is 0 Å². The molecule has 2 aromatic carbocycles. The monoisotopic (exact) mass is 282 g/mol. The maximum atomic E-state index is 12.1. The first-order chi connectivity index (χ1) is 9.83. The van der Waals surface area contributed by atoms with Crippen molar-refractivity contribution in [2.75, 3.05) is 0 Å². The summed E-state index contributed by atoms with van der Waals surface area (Å²) in [6.07, 6.45) is 0.439. The summed E-state index contributed by atoms with van der Waals surface area (Å²) < 4.78 is 0. The van der Waals surface area contributed by atoms with Crippen molar-refractivity contribution in [3.05, 3.63) is 71.8 Å². The van der Waals surface area contributed by atoms with E-state index in [1.54, 1.807) is 11.8 Å². The van der Waals surface area contributed by atoms with E-state index in [4.69, 9.17) is 0 Å². The number of nitrogens with zero attached hydrogens (tertiary/aromatic N) is 1. The van der Waals surface area contributed by atoms with Gasteiger partial charge in [-0.1, -0.05) is 72.4 Å². The van der Waals surface area contributed by atoms with Gasteiger partial charge in [0.05, 0.1) is 0 Å². The largest absolute Gasteiger partial charge is 0.295 e. The number of carbonyl (C=O) groups is 1. The van der Waals surface area contributed by atoms with Crippen LogP contribution in [-0.4, -0.2) is 16.2 Å². The lowest BCUT2D eigenvalue weighted by Gasteiger charge is -2.08. The van der Waals surface area contributed by atoms with Gasteiger partial charge in [0, 0.05) is 17.5 Å². The number of nitrogens with one attached hydrogen (secondary N) is 1. The van der Waals surface area contributed by atoms with Gasteiger partial charge in [-0.25, -0.2) is 0 Å². The first-order valence-corrected chi connectivity index (χ1v) is 7.34. The Balaban J connectivity index is 1.61. The van der Waals surface area contributed by atoms with E-state index in [1.165, 1.54) is 0 Å². The molecule has 0 saturated heterocycles. The third-order valence-corrected chi connectivity index (χ3v) is 4.16. The Morgan fingerprint density at radius 2 is 1.70 bits per heavy atom. The van der Waals surface area contributed by atoms with Gasteiger partial charge >= 0.3 is 0 Å². The van der Waals surface area contributed by atoms with Crippen molar-refractivity contribution in [1.82, 2.24) is 5.43 Å². The molecule has 100 valence electrons. The highest BCUT2D eigenvalue weighted by Crippen LogP contribution is 2.25. The van der Waals surface area contributed by atoms with Crippen LogP contribution in [0.3, 0.4) is 0 Å². The van der Waals surface area contributed by atoms with Gasteiger partial charge in [-0.05, 0) is 0 Å². The maximum absolute atomic E-state index is 12.1. The highest BCUT2D eigenvalue weighted by Gasteiger charge is 2.23. The number of hydrogen-bond acceptors (Lipinski definition) is 4. The van der Waals surface area contributed by atoms with Crippen molar-refractivity contribution < 1.29 is 4.79 Å². The van der Waals surface area contributed by atoms with E-state index >= 15 is 0 Å². The topological polar surface area (TPSA) is 41.5 Å². The quantitative estimate of drug-likeness (QED) is 0.875. The molecule has 2 aromatic rings. The lowest BCUT2D eigenvalue weighted by molar-refractivity contribution is 0.0979. The zero-order chi connectivity index (χ0) is 13.8. The maximum Gasteiger partial charge on any atom is 0.165 e. The molecule has 3 rings (SSSR count). The highest BCUT2D eigenvalue weighted by molar-refractivity contribution is 8.15. The fraction of sp³-hybridized carbons (Fsp3) is 0.125. The van der Waals surface area contributed by atoms with Crippen LogP contribution in [0.5, 0.6) is 0 Å². The zero-order valence-electron chi connectivity index (χ0n) is 10.8. The number of thioether (sulfide) groups is 1. The second-order valence-electron chi connectivity index (χ2n) is 4.51. The lowest BCUT2D eigenvalue weighted by atomic mass is 10.1. The smallest absolute Gasteiger partial charge is 0.165 e. The number of hydrazone groups is 1. The van der Waals surface area contributed by atoms with Crippen molar-refractivity contribution in [2.24, 2.45) is 5.10 Å². The van der Waals surface area contributed by atoms with Gasteiger partial charge in [-0.3, -0.25) is 10.2 Å². The second-order valence-corrected chi connectivity index (χ2v) is 5.70. The normalized spacial score (nSPS) is 17.4.